The molecular formula is C18H19N5OS. The van der Waals surface area contributed by atoms with E-state index in [0.29, 0.717) is 17.5 Å². The summed E-state index contributed by atoms with van der Waals surface area (Å²) in [6.45, 7) is 4.11. The number of hydrogen-bond donors (Lipinski definition) is 1. The van der Waals surface area contributed by atoms with Gasteiger partial charge in [0.05, 0.1) is 0 Å². The van der Waals surface area contributed by atoms with Crippen LogP contribution in [0.25, 0.3) is 10.6 Å². The van der Waals surface area contributed by atoms with Crippen LogP contribution in [0.15, 0.2) is 35.8 Å². The summed E-state index contributed by atoms with van der Waals surface area (Å²) < 4.78 is 0. The van der Waals surface area contributed by atoms with Crippen molar-refractivity contribution in [3.63, 3.8) is 0 Å². The Labute approximate surface area is 150 Å². The molecule has 0 radical (unpaired) electrons. The number of nitrogens with one attached hydrogen (secondary N) is 1. The number of carbonyl (C=O) groups is 1. The number of nitrogens with zero attached hydrogens (tertiary/aromatic N) is 4. The number of anilines is 2. The van der Waals surface area contributed by atoms with E-state index in [1.807, 2.05) is 33.2 Å². The molecule has 2 aromatic heterocycles. The second kappa shape index (κ2) is 6.98. The van der Waals surface area contributed by atoms with Crippen LogP contribution in [0.3, 0.4) is 0 Å². The molecule has 1 aromatic carbocycles. The molecule has 7 heteroatoms. The highest BCUT2D eigenvalue weighted by atomic mass is 32.1. The van der Waals surface area contributed by atoms with E-state index in [4.69, 9.17) is 0 Å². The molecule has 0 aliphatic heterocycles. The van der Waals surface area contributed by atoms with Crippen molar-refractivity contribution < 1.29 is 4.79 Å². The van der Waals surface area contributed by atoms with Crippen molar-refractivity contribution in [3.8, 4) is 10.6 Å². The average molecular weight is 353 g/mol. The van der Waals surface area contributed by atoms with Gasteiger partial charge in [-0.2, -0.15) is 4.98 Å². The third-order valence-electron chi connectivity index (χ3n) is 3.63. The highest BCUT2D eigenvalue weighted by Crippen LogP contribution is 2.27. The SMILES string of the molecule is Cc1ccc(-c2nc(C(=O)Nc3ccnc(N(C)C)n3)cs2)c(C)c1. The van der Waals surface area contributed by atoms with Crippen molar-refractivity contribution in [3.05, 3.63) is 52.7 Å². The molecule has 0 fully saturated rings. The fourth-order valence-corrected chi connectivity index (χ4v) is 3.26. The molecule has 25 heavy (non-hydrogen) atoms. The minimum absolute atomic E-state index is 0.282. The van der Waals surface area contributed by atoms with Crippen molar-refractivity contribution in [1.29, 1.82) is 0 Å². The first-order valence-electron chi connectivity index (χ1n) is 7.79. The van der Waals surface area contributed by atoms with Gasteiger partial charge in [-0.1, -0.05) is 23.8 Å². The first-order valence-corrected chi connectivity index (χ1v) is 8.67. The van der Waals surface area contributed by atoms with E-state index in [-0.39, 0.29) is 5.91 Å². The molecule has 0 saturated carbocycles. The highest BCUT2D eigenvalue weighted by Gasteiger charge is 2.14. The number of benzene rings is 1. The first kappa shape index (κ1) is 17.0. The standard InChI is InChI=1S/C18H19N5OS/c1-11-5-6-13(12(2)9-11)17-20-14(10-25-17)16(24)21-15-7-8-19-18(22-15)23(3)4/h5-10H,1-4H3,(H,19,21,22,24). The number of hydrogen-bond acceptors (Lipinski definition) is 6. The number of carbonyl (C=O) groups excluding carboxylic acids is 1. The van der Waals surface area contributed by atoms with E-state index in [0.717, 1.165) is 16.1 Å². The molecule has 1 N–H and O–H groups in total. The Bertz CT molecular complexity index is 919. The van der Waals surface area contributed by atoms with Gasteiger partial charge in [-0.15, -0.1) is 11.3 Å². The lowest BCUT2D eigenvalue weighted by atomic mass is 10.1. The molecule has 1 amide bonds. The van der Waals surface area contributed by atoms with Crippen LogP contribution in [0.2, 0.25) is 0 Å². The topological polar surface area (TPSA) is 71.0 Å². The molecular weight excluding hydrogens is 334 g/mol. The summed E-state index contributed by atoms with van der Waals surface area (Å²) in [5.74, 6) is 0.701. The molecule has 0 saturated heterocycles. The van der Waals surface area contributed by atoms with Crippen molar-refractivity contribution in [2.45, 2.75) is 13.8 Å². The Kier molecular flexibility index (Phi) is 4.76. The zero-order valence-corrected chi connectivity index (χ0v) is 15.4. The van der Waals surface area contributed by atoms with Crippen LogP contribution in [0.5, 0.6) is 0 Å². The summed E-state index contributed by atoms with van der Waals surface area (Å²) in [6.07, 6.45) is 1.61. The Balaban J connectivity index is 1.80. The lowest BCUT2D eigenvalue weighted by Gasteiger charge is -2.10. The second-order valence-electron chi connectivity index (χ2n) is 5.95. The predicted molar refractivity (Wildman–Crippen MR) is 101 cm³/mol. The van der Waals surface area contributed by atoms with Gasteiger partial charge in [-0.25, -0.2) is 9.97 Å². The number of amides is 1. The zero-order valence-electron chi connectivity index (χ0n) is 14.6. The summed E-state index contributed by atoms with van der Waals surface area (Å²) in [7, 11) is 3.69. The van der Waals surface area contributed by atoms with Gasteiger partial charge in [0, 0.05) is 31.2 Å². The van der Waals surface area contributed by atoms with E-state index in [2.05, 4.69) is 33.3 Å². The monoisotopic (exact) mass is 353 g/mol. The van der Waals surface area contributed by atoms with Gasteiger partial charge in [-0.3, -0.25) is 4.79 Å². The maximum absolute atomic E-state index is 12.4. The number of aryl methyl sites for hydroxylation is 2. The minimum atomic E-state index is -0.282. The van der Waals surface area contributed by atoms with Crippen molar-refractivity contribution in [1.82, 2.24) is 15.0 Å². The lowest BCUT2D eigenvalue weighted by molar-refractivity contribution is 0.102. The quantitative estimate of drug-likeness (QED) is 0.777. The maximum atomic E-state index is 12.4. The van der Waals surface area contributed by atoms with Gasteiger partial charge in [0.15, 0.2) is 0 Å². The van der Waals surface area contributed by atoms with Crippen LogP contribution in [-0.2, 0) is 0 Å². The summed E-state index contributed by atoms with van der Waals surface area (Å²) in [4.78, 5) is 27.1. The minimum Gasteiger partial charge on any atom is -0.347 e. The molecule has 128 valence electrons. The van der Waals surface area contributed by atoms with Gasteiger partial charge in [0.25, 0.3) is 5.91 Å². The molecule has 0 spiro atoms. The highest BCUT2D eigenvalue weighted by molar-refractivity contribution is 7.13. The van der Waals surface area contributed by atoms with Gasteiger partial charge >= 0.3 is 0 Å². The van der Waals surface area contributed by atoms with E-state index in [9.17, 15) is 4.79 Å². The Morgan fingerprint density at radius 2 is 1.96 bits per heavy atom. The molecule has 0 unspecified atom stereocenters. The summed E-state index contributed by atoms with van der Waals surface area (Å²) in [5, 5.41) is 5.36. The van der Waals surface area contributed by atoms with Crippen molar-refractivity contribution in [2.75, 3.05) is 24.3 Å². The Hall–Kier alpha value is -2.80. The molecule has 2 heterocycles. The van der Waals surface area contributed by atoms with Gasteiger partial charge in [-0.05, 0) is 25.5 Å². The van der Waals surface area contributed by atoms with E-state index < -0.39 is 0 Å². The normalized spacial score (nSPS) is 10.6. The molecule has 3 aromatic rings. The smallest absolute Gasteiger partial charge is 0.276 e. The summed E-state index contributed by atoms with van der Waals surface area (Å²) in [5.41, 5.74) is 3.78. The molecule has 0 aliphatic rings. The molecule has 3 rings (SSSR count). The van der Waals surface area contributed by atoms with Crippen LogP contribution in [0, 0.1) is 13.8 Å². The van der Waals surface area contributed by atoms with E-state index in [1.165, 1.54) is 16.9 Å². The average Bonchev–Trinajstić information content (AvgIpc) is 3.05. The van der Waals surface area contributed by atoms with Gasteiger partial charge < -0.3 is 10.2 Å². The third-order valence-corrected chi connectivity index (χ3v) is 4.51. The van der Waals surface area contributed by atoms with Gasteiger partial charge in [0.2, 0.25) is 5.95 Å². The van der Waals surface area contributed by atoms with Crippen LogP contribution in [0.4, 0.5) is 11.8 Å². The van der Waals surface area contributed by atoms with E-state index >= 15 is 0 Å². The largest absolute Gasteiger partial charge is 0.347 e. The van der Waals surface area contributed by atoms with Crippen LogP contribution < -0.4 is 10.2 Å². The first-order chi connectivity index (χ1) is 11.9. The van der Waals surface area contributed by atoms with Crippen LogP contribution in [0.1, 0.15) is 21.6 Å². The summed E-state index contributed by atoms with van der Waals surface area (Å²) >= 11 is 1.46. The van der Waals surface area contributed by atoms with Crippen molar-refractivity contribution in [2.24, 2.45) is 0 Å². The summed E-state index contributed by atoms with van der Waals surface area (Å²) in [6, 6.07) is 7.86. The fraction of sp³-hybridized carbons (Fsp3) is 0.222. The zero-order chi connectivity index (χ0) is 18.0. The van der Waals surface area contributed by atoms with Crippen LogP contribution in [-0.4, -0.2) is 35.0 Å². The molecule has 0 atom stereocenters. The number of rotatable bonds is 4. The lowest BCUT2D eigenvalue weighted by Crippen LogP contribution is -2.17. The maximum Gasteiger partial charge on any atom is 0.276 e. The van der Waals surface area contributed by atoms with E-state index in [1.54, 1.807) is 22.5 Å². The number of thiazole rings is 1. The molecule has 0 bridgehead atoms. The van der Waals surface area contributed by atoms with Crippen molar-refractivity contribution >= 4 is 29.0 Å². The second-order valence-corrected chi connectivity index (χ2v) is 6.80. The Morgan fingerprint density at radius 1 is 1.16 bits per heavy atom. The van der Waals surface area contributed by atoms with Crippen LogP contribution >= 0.6 is 11.3 Å². The predicted octanol–water partition coefficient (Wildman–Crippen LogP) is 3.54. The third kappa shape index (κ3) is 3.83. The van der Waals surface area contributed by atoms with Gasteiger partial charge in [0.1, 0.15) is 16.5 Å². The fourth-order valence-electron chi connectivity index (χ4n) is 2.37. The molecule has 0 aliphatic carbocycles. The molecule has 6 nitrogen and oxygen atoms in total. The Morgan fingerprint density at radius 3 is 2.68 bits per heavy atom. The number of aromatic nitrogens is 3.